The van der Waals surface area contributed by atoms with Crippen LogP contribution in [0.2, 0.25) is 5.02 Å². The minimum Gasteiger partial charge on any atom is -0.326 e. The molecule has 0 aliphatic heterocycles. The summed E-state index contributed by atoms with van der Waals surface area (Å²) in [6.45, 7) is 0.390. The van der Waals surface area contributed by atoms with E-state index < -0.39 is 0 Å². The van der Waals surface area contributed by atoms with E-state index in [0.717, 1.165) is 10.6 Å². The SMILES string of the molecule is O=C(CCCn1nc(-c2cccs2)ccc1=O)Nc1cccc(Cl)c1. The van der Waals surface area contributed by atoms with Crippen LogP contribution in [-0.2, 0) is 11.3 Å². The molecule has 0 saturated heterocycles. The Kier molecular flexibility index (Phi) is 5.63. The molecule has 0 radical (unpaired) electrons. The van der Waals surface area contributed by atoms with E-state index in [-0.39, 0.29) is 11.5 Å². The Morgan fingerprint density at radius 2 is 2.08 bits per heavy atom. The van der Waals surface area contributed by atoms with E-state index in [9.17, 15) is 9.59 Å². The van der Waals surface area contributed by atoms with Crippen LogP contribution in [0.25, 0.3) is 10.6 Å². The van der Waals surface area contributed by atoms with Gasteiger partial charge in [-0.1, -0.05) is 23.7 Å². The van der Waals surface area contributed by atoms with Crippen LogP contribution in [-0.4, -0.2) is 15.7 Å². The monoisotopic (exact) mass is 373 g/mol. The van der Waals surface area contributed by atoms with Gasteiger partial charge in [0, 0.05) is 29.7 Å². The van der Waals surface area contributed by atoms with Crippen molar-refractivity contribution in [3.05, 3.63) is 69.3 Å². The van der Waals surface area contributed by atoms with E-state index in [1.54, 1.807) is 41.7 Å². The smallest absolute Gasteiger partial charge is 0.266 e. The van der Waals surface area contributed by atoms with Crippen molar-refractivity contribution in [2.75, 3.05) is 5.32 Å². The number of hydrogen-bond donors (Lipinski definition) is 1. The molecule has 3 rings (SSSR count). The van der Waals surface area contributed by atoms with Gasteiger partial charge < -0.3 is 5.32 Å². The summed E-state index contributed by atoms with van der Waals surface area (Å²) in [5, 5.41) is 9.69. The van der Waals surface area contributed by atoms with Crippen molar-refractivity contribution in [3.63, 3.8) is 0 Å². The van der Waals surface area contributed by atoms with Crippen molar-refractivity contribution in [2.24, 2.45) is 0 Å². The largest absolute Gasteiger partial charge is 0.326 e. The highest BCUT2D eigenvalue weighted by Crippen LogP contribution is 2.21. The van der Waals surface area contributed by atoms with Gasteiger partial charge in [-0.15, -0.1) is 11.3 Å². The van der Waals surface area contributed by atoms with E-state index in [0.29, 0.717) is 30.1 Å². The fourth-order valence-electron chi connectivity index (χ4n) is 2.34. The number of thiophene rings is 1. The van der Waals surface area contributed by atoms with Crippen LogP contribution in [0.4, 0.5) is 5.69 Å². The van der Waals surface area contributed by atoms with Gasteiger partial charge in [-0.05, 0) is 42.1 Å². The number of rotatable bonds is 6. The maximum atomic E-state index is 12.0. The molecular weight excluding hydrogens is 358 g/mol. The highest BCUT2D eigenvalue weighted by Gasteiger charge is 2.06. The van der Waals surface area contributed by atoms with E-state index in [1.165, 1.54) is 10.7 Å². The molecule has 7 heteroatoms. The maximum Gasteiger partial charge on any atom is 0.266 e. The fourth-order valence-corrected chi connectivity index (χ4v) is 3.22. The van der Waals surface area contributed by atoms with Crippen molar-refractivity contribution >= 4 is 34.5 Å². The van der Waals surface area contributed by atoms with Crippen LogP contribution in [0, 0.1) is 0 Å². The summed E-state index contributed by atoms with van der Waals surface area (Å²) in [7, 11) is 0. The number of benzene rings is 1. The number of amides is 1. The second-order valence-electron chi connectivity index (χ2n) is 5.42. The van der Waals surface area contributed by atoms with Gasteiger partial charge in [0.15, 0.2) is 0 Å². The van der Waals surface area contributed by atoms with Crippen molar-refractivity contribution < 1.29 is 4.79 Å². The number of carbonyl (C=O) groups is 1. The molecule has 2 aromatic heterocycles. The van der Waals surface area contributed by atoms with E-state index in [1.807, 2.05) is 17.5 Å². The Morgan fingerprint density at radius 1 is 1.20 bits per heavy atom. The minimum atomic E-state index is -0.171. The van der Waals surface area contributed by atoms with Crippen LogP contribution in [0.5, 0.6) is 0 Å². The number of nitrogens with zero attached hydrogens (tertiary/aromatic N) is 2. The molecule has 1 aromatic carbocycles. The highest BCUT2D eigenvalue weighted by atomic mass is 35.5. The predicted octanol–water partition coefficient (Wildman–Crippen LogP) is 4.04. The summed E-state index contributed by atoms with van der Waals surface area (Å²) >= 11 is 7.46. The lowest BCUT2D eigenvalue weighted by Crippen LogP contribution is -2.23. The molecule has 0 aliphatic carbocycles. The average molecular weight is 374 g/mol. The number of nitrogens with one attached hydrogen (secondary N) is 1. The number of carbonyl (C=O) groups excluding carboxylic acids is 1. The Hall–Kier alpha value is -2.44. The van der Waals surface area contributed by atoms with Crippen LogP contribution in [0.15, 0.2) is 58.7 Å². The van der Waals surface area contributed by atoms with Crippen LogP contribution in [0.3, 0.4) is 0 Å². The second kappa shape index (κ2) is 8.09. The molecule has 0 saturated carbocycles. The lowest BCUT2D eigenvalue weighted by atomic mass is 10.2. The fraction of sp³-hybridized carbons (Fsp3) is 0.167. The molecule has 1 N–H and O–H groups in total. The van der Waals surface area contributed by atoms with Gasteiger partial charge in [-0.3, -0.25) is 9.59 Å². The van der Waals surface area contributed by atoms with Gasteiger partial charge in [0.2, 0.25) is 5.91 Å². The molecule has 1 amide bonds. The number of aromatic nitrogens is 2. The zero-order chi connectivity index (χ0) is 17.6. The molecule has 0 spiro atoms. The first-order valence-electron chi connectivity index (χ1n) is 7.79. The van der Waals surface area contributed by atoms with Gasteiger partial charge in [0.1, 0.15) is 5.69 Å². The van der Waals surface area contributed by atoms with E-state index in [4.69, 9.17) is 11.6 Å². The number of halogens is 1. The number of anilines is 1. The summed E-state index contributed by atoms with van der Waals surface area (Å²) in [5.41, 5.74) is 1.25. The van der Waals surface area contributed by atoms with Crippen molar-refractivity contribution in [1.82, 2.24) is 9.78 Å². The van der Waals surface area contributed by atoms with Gasteiger partial charge in [0.05, 0.1) is 4.88 Å². The molecule has 0 aliphatic rings. The predicted molar refractivity (Wildman–Crippen MR) is 101 cm³/mol. The second-order valence-corrected chi connectivity index (χ2v) is 6.80. The molecule has 0 fully saturated rings. The third-order valence-electron chi connectivity index (χ3n) is 3.52. The van der Waals surface area contributed by atoms with Crippen molar-refractivity contribution in [2.45, 2.75) is 19.4 Å². The molecule has 25 heavy (non-hydrogen) atoms. The zero-order valence-corrected chi connectivity index (χ0v) is 14.9. The maximum absolute atomic E-state index is 12.0. The van der Waals surface area contributed by atoms with Gasteiger partial charge in [-0.25, -0.2) is 4.68 Å². The summed E-state index contributed by atoms with van der Waals surface area (Å²) < 4.78 is 1.40. The van der Waals surface area contributed by atoms with E-state index >= 15 is 0 Å². The molecule has 3 aromatic rings. The summed E-state index contributed by atoms with van der Waals surface area (Å²) in [6, 6.07) is 14.1. The van der Waals surface area contributed by atoms with Crippen molar-refractivity contribution in [3.8, 4) is 10.6 Å². The Labute approximate surface area is 153 Å². The lowest BCUT2D eigenvalue weighted by Gasteiger charge is -2.07. The third kappa shape index (κ3) is 4.78. The molecular formula is C18H16ClN3O2S. The third-order valence-corrected chi connectivity index (χ3v) is 4.65. The molecule has 2 heterocycles. The normalized spacial score (nSPS) is 10.6. The Morgan fingerprint density at radius 3 is 2.84 bits per heavy atom. The van der Waals surface area contributed by atoms with Gasteiger partial charge >= 0.3 is 0 Å². The van der Waals surface area contributed by atoms with Crippen LogP contribution in [0.1, 0.15) is 12.8 Å². The summed E-state index contributed by atoms with van der Waals surface area (Å²) in [4.78, 5) is 24.9. The average Bonchev–Trinajstić information content (AvgIpc) is 3.11. The number of hydrogen-bond acceptors (Lipinski definition) is 4. The summed E-state index contributed by atoms with van der Waals surface area (Å²) in [5.74, 6) is -0.121. The summed E-state index contributed by atoms with van der Waals surface area (Å²) in [6.07, 6.45) is 0.817. The van der Waals surface area contributed by atoms with Crippen LogP contribution >= 0.6 is 22.9 Å². The minimum absolute atomic E-state index is 0.121. The Bertz CT molecular complexity index is 922. The topological polar surface area (TPSA) is 64.0 Å². The lowest BCUT2D eigenvalue weighted by molar-refractivity contribution is -0.116. The van der Waals surface area contributed by atoms with Gasteiger partial charge in [0.25, 0.3) is 5.56 Å². The molecule has 0 bridgehead atoms. The van der Waals surface area contributed by atoms with E-state index in [2.05, 4.69) is 10.4 Å². The first kappa shape index (κ1) is 17.4. The quantitative estimate of drug-likeness (QED) is 0.709. The molecule has 0 atom stereocenters. The number of aryl methyl sites for hydroxylation is 1. The van der Waals surface area contributed by atoms with Crippen molar-refractivity contribution in [1.29, 1.82) is 0 Å². The first-order chi connectivity index (χ1) is 12.1. The first-order valence-corrected chi connectivity index (χ1v) is 9.05. The standard InChI is InChI=1S/C18H16ClN3O2S/c19-13-4-1-5-14(12-13)20-17(23)7-2-10-22-18(24)9-8-15(21-22)16-6-3-11-25-16/h1,3-6,8-9,11-12H,2,7,10H2,(H,20,23). The zero-order valence-electron chi connectivity index (χ0n) is 13.3. The molecule has 5 nitrogen and oxygen atoms in total. The highest BCUT2D eigenvalue weighted by molar-refractivity contribution is 7.13. The molecule has 128 valence electrons. The Balaban J connectivity index is 1.57. The van der Waals surface area contributed by atoms with Crippen LogP contribution < -0.4 is 10.9 Å². The molecule has 0 unspecified atom stereocenters. The van der Waals surface area contributed by atoms with Gasteiger partial charge in [-0.2, -0.15) is 5.10 Å².